The van der Waals surface area contributed by atoms with Crippen molar-refractivity contribution in [2.75, 3.05) is 26.2 Å². The fraction of sp³-hybridized carbons (Fsp3) is 1.00. The third kappa shape index (κ3) is 4.96. The van der Waals surface area contributed by atoms with Crippen molar-refractivity contribution < 1.29 is 4.74 Å². The van der Waals surface area contributed by atoms with Crippen molar-refractivity contribution in [1.29, 1.82) is 0 Å². The fourth-order valence-corrected chi connectivity index (χ4v) is 1.96. The first-order valence-electron chi connectivity index (χ1n) is 6.29. The first-order valence-corrected chi connectivity index (χ1v) is 6.29. The summed E-state index contributed by atoms with van der Waals surface area (Å²) < 4.78 is 5.54. The van der Waals surface area contributed by atoms with Gasteiger partial charge in [-0.05, 0) is 39.2 Å². The molecule has 0 amide bonds. The van der Waals surface area contributed by atoms with Gasteiger partial charge in [0.25, 0.3) is 0 Å². The molecule has 0 aromatic carbocycles. The Balaban J connectivity index is 2.03. The SMILES string of the molecule is CCCNCC(C)NCC1CCOC1C. The van der Waals surface area contributed by atoms with Crippen LogP contribution in [0.4, 0.5) is 0 Å². The maximum atomic E-state index is 5.54. The number of rotatable bonds is 7. The van der Waals surface area contributed by atoms with E-state index in [1.54, 1.807) is 0 Å². The molecule has 1 fully saturated rings. The van der Waals surface area contributed by atoms with Gasteiger partial charge in [0.1, 0.15) is 0 Å². The second kappa shape index (κ2) is 7.20. The second-order valence-corrected chi connectivity index (χ2v) is 4.64. The molecule has 90 valence electrons. The smallest absolute Gasteiger partial charge is 0.0588 e. The molecule has 0 spiro atoms. The van der Waals surface area contributed by atoms with E-state index in [-0.39, 0.29) is 0 Å². The lowest BCUT2D eigenvalue weighted by molar-refractivity contribution is 0.105. The van der Waals surface area contributed by atoms with E-state index in [0.29, 0.717) is 18.1 Å². The van der Waals surface area contributed by atoms with Gasteiger partial charge in [0.15, 0.2) is 0 Å². The first-order chi connectivity index (χ1) is 7.24. The van der Waals surface area contributed by atoms with Gasteiger partial charge >= 0.3 is 0 Å². The summed E-state index contributed by atoms with van der Waals surface area (Å²) in [5.41, 5.74) is 0. The maximum absolute atomic E-state index is 5.54. The minimum atomic E-state index is 0.438. The van der Waals surface area contributed by atoms with Gasteiger partial charge in [-0.25, -0.2) is 0 Å². The molecule has 0 saturated carbocycles. The van der Waals surface area contributed by atoms with E-state index in [0.717, 1.165) is 26.2 Å². The van der Waals surface area contributed by atoms with Crippen LogP contribution in [-0.4, -0.2) is 38.4 Å². The molecular formula is C12H26N2O. The Kier molecular flexibility index (Phi) is 6.22. The fourth-order valence-electron chi connectivity index (χ4n) is 1.96. The summed E-state index contributed by atoms with van der Waals surface area (Å²) in [6.07, 6.45) is 2.86. The van der Waals surface area contributed by atoms with Gasteiger partial charge in [-0.15, -0.1) is 0 Å². The van der Waals surface area contributed by atoms with E-state index in [1.807, 2.05) is 0 Å². The van der Waals surface area contributed by atoms with Gasteiger partial charge in [0, 0.05) is 25.7 Å². The largest absolute Gasteiger partial charge is 0.378 e. The first kappa shape index (κ1) is 12.9. The summed E-state index contributed by atoms with van der Waals surface area (Å²) in [6, 6.07) is 0.560. The molecule has 3 unspecified atom stereocenters. The quantitative estimate of drug-likeness (QED) is 0.628. The van der Waals surface area contributed by atoms with E-state index >= 15 is 0 Å². The molecule has 1 aliphatic heterocycles. The molecule has 3 heteroatoms. The molecule has 0 radical (unpaired) electrons. The summed E-state index contributed by atoms with van der Waals surface area (Å²) in [4.78, 5) is 0. The third-order valence-corrected chi connectivity index (χ3v) is 3.14. The molecule has 1 rings (SSSR count). The van der Waals surface area contributed by atoms with Gasteiger partial charge < -0.3 is 15.4 Å². The van der Waals surface area contributed by atoms with Gasteiger partial charge in [-0.3, -0.25) is 0 Å². The van der Waals surface area contributed by atoms with Gasteiger partial charge in [0.05, 0.1) is 6.10 Å². The van der Waals surface area contributed by atoms with Crippen molar-refractivity contribution in [3.8, 4) is 0 Å². The minimum Gasteiger partial charge on any atom is -0.378 e. The molecule has 3 atom stereocenters. The summed E-state index contributed by atoms with van der Waals surface area (Å²) in [7, 11) is 0. The number of hydrogen-bond donors (Lipinski definition) is 2. The maximum Gasteiger partial charge on any atom is 0.0588 e. The Morgan fingerprint density at radius 1 is 1.47 bits per heavy atom. The molecule has 1 saturated heterocycles. The zero-order chi connectivity index (χ0) is 11.1. The van der Waals surface area contributed by atoms with E-state index in [4.69, 9.17) is 4.74 Å². The van der Waals surface area contributed by atoms with Crippen molar-refractivity contribution in [2.45, 2.75) is 45.8 Å². The van der Waals surface area contributed by atoms with Crippen molar-refractivity contribution in [3.63, 3.8) is 0 Å². The van der Waals surface area contributed by atoms with Crippen molar-refractivity contribution in [1.82, 2.24) is 10.6 Å². The van der Waals surface area contributed by atoms with Crippen LogP contribution in [-0.2, 0) is 4.74 Å². The topological polar surface area (TPSA) is 33.3 Å². The van der Waals surface area contributed by atoms with Crippen LogP contribution in [0.25, 0.3) is 0 Å². The van der Waals surface area contributed by atoms with Gasteiger partial charge in [0.2, 0.25) is 0 Å². The molecule has 0 aliphatic carbocycles. The Hall–Kier alpha value is -0.120. The normalized spacial score (nSPS) is 28.2. The van der Waals surface area contributed by atoms with Crippen molar-refractivity contribution in [3.05, 3.63) is 0 Å². The molecule has 1 aliphatic rings. The Morgan fingerprint density at radius 2 is 2.27 bits per heavy atom. The molecule has 0 aromatic heterocycles. The number of ether oxygens (including phenoxy) is 1. The molecule has 2 N–H and O–H groups in total. The van der Waals surface area contributed by atoms with E-state index in [2.05, 4.69) is 31.4 Å². The molecular weight excluding hydrogens is 188 g/mol. The molecule has 3 nitrogen and oxygen atoms in total. The lowest BCUT2D eigenvalue weighted by atomic mass is 10.0. The van der Waals surface area contributed by atoms with Crippen LogP contribution >= 0.6 is 0 Å². The predicted octanol–water partition coefficient (Wildman–Crippen LogP) is 1.39. The molecule has 1 heterocycles. The Labute approximate surface area is 94.0 Å². The standard InChI is InChI=1S/C12H26N2O/c1-4-6-13-8-10(2)14-9-12-5-7-15-11(12)3/h10-14H,4-9H2,1-3H3. The van der Waals surface area contributed by atoms with E-state index < -0.39 is 0 Å². The van der Waals surface area contributed by atoms with Crippen LogP contribution in [0.3, 0.4) is 0 Å². The van der Waals surface area contributed by atoms with E-state index in [1.165, 1.54) is 12.8 Å². The van der Waals surface area contributed by atoms with Crippen LogP contribution in [0.1, 0.15) is 33.6 Å². The molecule has 0 bridgehead atoms. The highest BCUT2D eigenvalue weighted by Gasteiger charge is 2.23. The minimum absolute atomic E-state index is 0.438. The van der Waals surface area contributed by atoms with Crippen LogP contribution < -0.4 is 10.6 Å². The zero-order valence-corrected chi connectivity index (χ0v) is 10.4. The highest BCUT2D eigenvalue weighted by molar-refractivity contribution is 4.76. The lowest BCUT2D eigenvalue weighted by Crippen LogP contribution is -2.40. The predicted molar refractivity (Wildman–Crippen MR) is 64.1 cm³/mol. The Bertz CT molecular complexity index is 164. The van der Waals surface area contributed by atoms with Crippen LogP contribution in [0, 0.1) is 5.92 Å². The monoisotopic (exact) mass is 214 g/mol. The van der Waals surface area contributed by atoms with Gasteiger partial charge in [-0.2, -0.15) is 0 Å². The summed E-state index contributed by atoms with van der Waals surface area (Å²) in [5, 5.41) is 7.00. The molecule has 0 aromatic rings. The lowest BCUT2D eigenvalue weighted by Gasteiger charge is -2.19. The highest BCUT2D eigenvalue weighted by Crippen LogP contribution is 2.19. The zero-order valence-electron chi connectivity index (χ0n) is 10.4. The van der Waals surface area contributed by atoms with E-state index in [9.17, 15) is 0 Å². The average molecular weight is 214 g/mol. The molecule has 15 heavy (non-hydrogen) atoms. The van der Waals surface area contributed by atoms with Crippen LogP contribution in [0.5, 0.6) is 0 Å². The summed E-state index contributed by atoms with van der Waals surface area (Å²) >= 11 is 0. The Morgan fingerprint density at radius 3 is 2.87 bits per heavy atom. The number of hydrogen-bond acceptors (Lipinski definition) is 3. The summed E-state index contributed by atoms with van der Waals surface area (Å²) in [5.74, 6) is 0.707. The third-order valence-electron chi connectivity index (χ3n) is 3.14. The summed E-state index contributed by atoms with van der Waals surface area (Å²) in [6.45, 7) is 10.8. The van der Waals surface area contributed by atoms with Crippen LogP contribution in [0.15, 0.2) is 0 Å². The van der Waals surface area contributed by atoms with Gasteiger partial charge in [-0.1, -0.05) is 6.92 Å². The second-order valence-electron chi connectivity index (χ2n) is 4.64. The highest BCUT2D eigenvalue weighted by atomic mass is 16.5. The number of nitrogens with one attached hydrogen (secondary N) is 2. The average Bonchev–Trinajstić information content (AvgIpc) is 2.61. The van der Waals surface area contributed by atoms with Crippen molar-refractivity contribution in [2.24, 2.45) is 5.92 Å². The van der Waals surface area contributed by atoms with Crippen LogP contribution in [0.2, 0.25) is 0 Å². The van der Waals surface area contributed by atoms with Crippen molar-refractivity contribution >= 4 is 0 Å².